The lowest BCUT2D eigenvalue weighted by Crippen LogP contribution is -2.41. The van der Waals surface area contributed by atoms with E-state index in [1.54, 1.807) is 4.40 Å². The third-order valence-corrected chi connectivity index (χ3v) is 3.48. The van der Waals surface area contributed by atoms with Gasteiger partial charge in [0.25, 0.3) is 0 Å². The zero-order valence-electron chi connectivity index (χ0n) is 11.9. The number of nitrogens with one attached hydrogen (secondary N) is 2. The Bertz CT molecular complexity index is 640. The van der Waals surface area contributed by atoms with Crippen molar-refractivity contribution >= 4 is 29.3 Å². The van der Waals surface area contributed by atoms with Crippen molar-refractivity contribution in [3.05, 3.63) is 24.4 Å². The van der Waals surface area contributed by atoms with E-state index in [4.69, 9.17) is 0 Å². The number of pyridine rings is 1. The number of hydrogen-bond acceptors (Lipinski definition) is 5. The van der Waals surface area contributed by atoms with Gasteiger partial charge in [-0.1, -0.05) is 31.7 Å². The molecule has 2 aromatic heterocycles. The summed E-state index contributed by atoms with van der Waals surface area (Å²) >= 11 is 1.23. The van der Waals surface area contributed by atoms with E-state index >= 15 is 0 Å². The molecule has 2 aromatic rings. The van der Waals surface area contributed by atoms with E-state index < -0.39 is 6.03 Å². The van der Waals surface area contributed by atoms with Crippen molar-refractivity contribution in [2.45, 2.75) is 19.0 Å². The molecule has 0 aromatic carbocycles. The second-order valence-corrected chi connectivity index (χ2v) is 5.79. The van der Waals surface area contributed by atoms with E-state index in [-0.39, 0.29) is 11.7 Å². The molecule has 0 fully saturated rings. The van der Waals surface area contributed by atoms with Crippen molar-refractivity contribution < 1.29 is 9.59 Å². The molecule has 0 aliphatic carbocycles. The van der Waals surface area contributed by atoms with E-state index in [1.165, 1.54) is 11.8 Å². The molecule has 0 aliphatic rings. The summed E-state index contributed by atoms with van der Waals surface area (Å²) in [5, 5.41) is 13.5. The van der Waals surface area contributed by atoms with E-state index in [2.05, 4.69) is 20.8 Å². The summed E-state index contributed by atoms with van der Waals surface area (Å²) in [5.74, 6) is 0.0710. The second kappa shape index (κ2) is 7.07. The normalized spacial score (nSPS) is 10.8. The Morgan fingerprint density at radius 3 is 2.90 bits per heavy atom. The highest BCUT2D eigenvalue weighted by molar-refractivity contribution is 7.99. The molecule has 0 radical (unpaired) electrons. The predicted octanol–water partition coefficient (Wildman–Crippen LogP) is 1.30. The number of thioether (sulfide) groups is 1. The quantitative estimate of drug-likeness (QED) is 0.813. The summed E-state index contributed by atoms with van der Waals surface area (Å²) in [7, 11) is 0. The monoisotopic (exact) mass is 307 g/mol. The molecule has 0 saturated heterocycles. The Kier molecular flexibility index (Phi) is 5.15. The highest BCUT2D eigenvalue weighted by Crippen LogP contribution is 2.15. The van der Waals surface area contributed by atoms with E-state index in [0.29, 0.717) is 17.6 Å². The van der Waals surface area contributed by atoms with Crippen molar-refractivity contribution in [3.8, 4) is 0 Å². The molecule has 2 N–H and O–H groups in total. The van der Waals surface area contributed by atoms with Crippen LogP contribution >= 0.6 is 11.8 Å². The molecule has 3 amide bonds. The number of amides is 3. The minimum atomic E-state index is -0.472. The van der Waals surface area contributed by atoms with Crippen LogP contribution in [0.1, 0.15) is 13.8 Å². The van der Waals surface area contributed by atoms with Gasteiger partial charge in [-0.2, -0.15) is 0 Å². The van der Waals surface area contributed by atoms with Gasteiger partial charge in [-0.15, -0.1) is 10.2 Å². The number of carbonyl (C=O) groups is 2. The maximum Gasteiger partial charge on any atom is 0.321 e. The molecule has 0 atom stereocenters. The van der Waals surface area contributed by atoms with Gasteiger partial charge in [-0.3, -0.25) is 14.5 Å². The SMILES string of the molecule is CC(C)CNC(=O)NC(=O)CSc1nnc2ccccn12. The Labute approximate surface area is 126 Å². The predicted molar refractivity (Wildman–Crippen MR) is 80.1 cm³/mol. The number of aromatic nitrogens is 3. The first-order valence-electron chi connectivity index (χ1n) is 6.56. The molecule has 0 unspecified atom stereocenters. The van der Waals surface area contributed by atoms with Crippen LogP contribution in [0.2, 0.25) is 0 Å². The lowest BCUT2D eigenvalue weighted by Gasteiger charge is -2.08. The van der Waals surface area contributed by atoms with Gasteiger partial charge in [-0.25, -0.2) is 4.79 Å². The fourth-order valence-electron chi connectivity index (χ4n) is 1.55. The number of hydrogen-bond donors (Lipinski definition) is 2. The van der Waals surface area contributed by atoms with Crippen molar-refractivity contribution in [1.29, 1.82) is 0 Å². The highest BCUT2D eigenvalue weighted by atomic mass is 32.2. The van der Waals surface area contributed by atoms with Gasteiger partial charge in [0.05, 0.1) is 5.75 Å². The summed E-state index contributed by atoms with van der Waals surface area (Å²) in [6.07, 6.45) is 1.82. The van der Waals surface area contributed by atoms with Gasteiger partial charge in [0.15, 0.2) is 10.8 Å². The van der Waals surface area contributed by atoms with E-state index in [1.807, 2.05) is 38.2 Å². The molecule has 0 saturated carbocycles. The Hall–Kier alpha value is -2.09. The number of rotatable bonds is 5. The summed E-state index contributed by atoms with van der Waals surface area (Å²) in [6, 6.07) is 5.08. The van der Waals surface area contributed by atoms with Crippen LogP contribution in [0.4, 0.5) is 4.79 Å². The molecular formula is C13H17N5O2S. The maximum absolute atomic E-state index is 11.7. The van der Waals surface area contributed by atoms with Crippen LogP contribution in [0.25, 0.3) is 5.65 Å². The van der Waals surface area contributed by atoms with Crippen LogP contribution in [-0.4, -0.2) is 38.8 Å². The van der Waals surface area contributed by atoms with Gasteiger partial charge in [0.1, 0.15) is 0 Å². The summed E-state index contributed by atoms with van der Waals surface area (Å²) in [6.45, 7) is 4.49. The smallest absolute Gasteiger partial charge is 0.321 e. The lowest BCUT2D eigenvalue weighted by molar-refractivity contribution is -0.117. The fraction of sp³-hybridized carbons (Fsp3) is 0.385. The van der Waals surface area contributed by atoms with Crippen LogP contribution in [-0.2, 0) is 4.79 Å². The number of nitrogens with zero attached hydrogens (tertiary/aromatic N) is 3. The molecule has 2 heterocycles. The molecule has 0 aliphatic heterocycles. The van der Waals surface area contributed by atoms with E-state index in [9.17, 15) is 9.59 Å². The zero-order valence-corrected chi connectivity index (χ0v) is 12.7. The molecule has 0 bridgehead atoms. The number of carbonyl (C=O) groups excluding carboxylic acids is 2. The topological polar surface area (TPSA) is 88.4 Å². The van der Waals surface area contributed by atoms with Gasteiger partial charge < -0.3 is 5.32 Å². The van der Waals surface area contributed by atoms with Crippen molar-refractivity contribution in [2.75, 3.05) is 12.3 Å². The molecule has 112 valence electrons. The van der Waals surface area contributed by atoms with Crippen LogP contribution in [0.15, 0.2) is 29.6 Å². The van der Waals surface area contributed by atoms with Crippen LogP contribution in [0, 0.1) is 5.92 Å². The average molecular weight is 307 g/mol. The zero-order chi connectivity index (χ0) is 15.2. The summed E-state index contributed by atoms with van der Waals surface area (Å²) in [5.41, 5.74) is 0.718. The van der Waals surface area contributed by atoms with Crippen LogP contribution < -0.4 is 10.6 Å². The average Bonchev–Trinajstić information content (AvgIpc) is 2.86. The van der Waals surface area contributed by atoms with Gasteiger partial charge in [0.2, 0.25) is 5.91 Å². The van der Waals surface area contributed by atoms with Gasteiger partial charge >= 0.3 is 6.03 Å². The molecule has 0 spiro atoms. The number of fused-ring (bicyclic) bond motifs is 1. The van der Waals surface area contributed by atoms with Crippen LogP contribution in [0.5, 0.6) is 0 Å². The molecule has 7 nitrogen and oxygen atoms in total. The third kappa shape index (κ3) is 4.45. The summed E-state index contributed by atoms with van der Waals surface area (Å²) < 4.78 is 1.79. The van der Waals surface area contributed by atoms with Crippen molar-refractivity contribution in [1.82, 2.24) is 25.2 Å². The molecule has 21 heavy (non-hydrogen) atoms. The molecule has 2 rings (SSSR count). The molecular weight excluding hydrogens is 290 g/mol. The first-order chi connectivity index (χ1) is 10.1. The second-order valence-electron chi connectivity index (χ2n) is 4.85. The standard InChI is InChI=1S/C13H17N5O2S/c1-9(2)7-14-12(20)15-11(19)8-21-13-17-16-10-5-3-4-6-18(10)13/h3-6,9H,7-8H2,1-2H3,(H2,14,15,19,20). The Morgan fingerprint density at radius 1 is 1.33 bits per heavy atom. The third-order valence-electron chi connectivity index (χ3n) is 2.54. The largest absolute Gasteiger partial charge is 0.338 e. The fourth-order valence-corrected chi connectivity index (χ4v) is 2.28. The lowest BCUT2D eigenvalue weighted by atomic mass is 10.2. The minimum Gasteiger partial charge on any atom is -0.338 e. The Morgan fingerprint density at radius 2 is 2.14 bits per heavy atom. The minimum absolute atomic E-state index is 0.102. The highest BCUT2D eigenvalue weighted by Gasteiger charge is 2.11. The number of urea groups is 1. The van der Waals surface area contributed by atoms with Crippen LogP contribution in [0.3, 0.4) is 0 Å². The first-order valence-corrected chi connectivity index (χ1v) is 7.55. The number of imide groups is 1. The maximum atomic E-state index is 11.7. The molecule has 8 heteroatoms. The van der Waals surface area contributed by atoms with Crippen molar-refractivity contribution in [2.24, 2.45) is 5.92 Å². The first kappa shape index (κ1) is 15.3. The Balaban J connectivity index is 1.82. The summed E-state index contributed by atoms with van der Waals surface area (Å²) in [4.78, 5) is 23.1. The van der Waals surface area contributed by atoms with Gasteiger partial charge in [0, 0.05) is 12.7 Å². The van der Waals surface area contributed by atoms with Gasteiger partial charge in [-0.05, 0) is 18.1 Å². The van der Waals surface area contributed by atoms with E-state index in [0.717, 1.165) is 5.65 Å². The van der Waals surface area contributed by atoms with Crippen molar-refractivity contribution in [3.63, 3.8) is 0 Å².